The number of pyridine rings is 1. The molecule has 1 unspecified atom stereocenters. The molecule has 0 amide bonds. The Labute approximate surface area is 219 Å². The molecule has 0 aliphatic heterocycles. The van der Waals surface area contributed by atoms with Gasteiger partial charge in [0, 0.05) is 31.3 Å². The average Bonchev–Trinajstić information content (AvgIpc) is 3.38. The molecule has 0 aliphatic rings. The molecule has 5 rings (SSSR count). The van der Waals surface area contributed by atoms with Crippen molar-refractivity contribution < 1.29 is 9.13 Å². The number of aromatic amines is 1. The zero-order chi connectivity index (χ0) is 26.5. The van der Waals surface area contributed by atoms with Crippen LogP contribution in [0.15, 0.2) is 83.7 Å². The molecule has 0 aliphatic carbocycles. The lowest BCUT2D eigenvalue weighted by Gasteiger charge is -2.31. The van der Waals surface area contributed by atoms with Crippen molar-refractivity contribution in [1.29, 1.82) is 0 Å². The first-order valence-corrected chi connectivity index (χ1v) is 12.4. The number of hydrogen-bond donors (Lipinski definition) is 1. The van der Waals surface area contributed by atoms with Gasteiger partial charge in [-0.3, -0.25) is 9.69 Å². The van der Waals surface area contributed by atoms with Gasteiger partial charge in [-0.05, 0) is 64.2 Å². The molecule has 0 saturated carbocycles. The van der Waals surface area contributed by atoms with E-state index in [9.17, 15) is 9.18 Å². The van der Waals surface area contributed by atoms with E-state index in [0.29, 0.717) is 37.6 Å². The van der Waals surface area contributed by atoms with Crippen LogP contribution in [0.25, 0.3) is 10.9 Å². The van der Waals surface area contributed by atoms with Gasteiger partial charge in [0.1, 0.15) is 11.9 Å². The molecule has 0 fully saturated rings. The summed E-state index contributed by atoms with van der Waals surface area (Å²) in [5, 5.41) is 13.5. The summed E-state index contributed by atoms with van der Waals surface area (Å²) < 4.78 is 20.7. The van der Waals surface area contributed by atoms with E-state index in [4.69, 9.17) is 4.74 Å². The minimum atomic E-state index is -0.597. The molecule has 0 spiro atoms. The normalized spacial score (nSPS) is 12.3. The molecule has 8 nitrogen and oxygen atoms in total. The number of fused-ring (bicyclic) bond motifs is 1. The summed E-state index contributed by atoms with van der Waals surface area (Å²) in [4.78, 5) is 18.8. The zero-order valence-corrected chi connectivity index (χ0v) is 21.3. The van der Waals surface area contributed by atoms with Crippen LogP contribution in [0.4, 0.5) is 4.39 Å². The molecule has 5 aromatic rings. The molecule has 3 aromatic carbocycles. The predicted molar refractivity (Wildman–Crippen MR) is 143 cm³/mol. The van der Waals surface area contributed by atoms with Crippen molar-refractivity contribution >= 4 is 10.9 Å². The number of rotatable bonds is 10. The Morgan fingerprint density at radius 3 is 2.47 bits per heavy atom. The fourth-order valence-corrected chi connectivity index (χ4v) is 4.67. The molecule has 0 bridgehead atoms. The van der Waals surface area contributed by atoms with Crippen LogP contribution >= 0.6 is 0 Å². The highest BCUT2D eigenvalue weighted by Gasteiger charge is 2.31. The lowest BCUT2D eigenvalue weighted by molar-refractivity contribution is 0.169. The molecule has 38 heavy (non-hydrogen) atoms. The van der Waals surface area contributed by atoms with E-state index in [1.165, 1.54) is 12.1 Å². The summed E-state index contributed by atoms with van der Waals surface area (Å²) in [6.45, 7) is 3.79. The van der Waals surface area contributed by atoms with Gasteiger partial charge >= 0.3 is 0 Å². The van der Waals surface area contributed by atoms with Crippen LogP contribution in [0.5, 0.6) is 0 Å². The highest BCUT2D eigenvalue weighted by atomic mass is 19.1. The SMILES string of the molecule is COCCn1nnnc1C(c1cc2cc(C)ccc2[nH]c1=O)N(Cc1ccccc1)Cc1ccc(F)cc1. The van der Waals surface area contributed by atoms with Crippen molar-refractivity contribution in [3.8, 4) is 0 Å². The summed E-state index contributed by atoms with van der Waals surface area (Å²) in [6, 6.07) is 23.6. The van der Waals surface area contributed by atoms with Gasteiger partial charge in [0.2, 0.25) is 0 Å². The number of tetrazole rings is 1. The molecule has 194 valence electrons. The van der Waals surface area contributed by atoms with Gasteiger partial charge in [0.25, 0.3) is 5.56 Å². The van der Waals surface area contributed by atoms with Gasteiger partial charge < -0.3 is 9.72 Å². The molecule has 1 atom stereocenters. The first-order valence-electron chi connectivity index (χ1n) is 12.4. The lowest BCUT2D eigenvalue weighted by atomic mass is 10.0. The molecule has 1 N–H and O–H groups in total. The third-order valence-electron chi connectivity index (χ3n) is 6.53. The van der Waals surface area contributed by atoms with Gasteiger partial charge in [-0.15, -0.1) is 5.10 Å². The molecule has 2 aromatic heterocycles. The topological polar surface area (TPSA) is 88.9 Å². The minimum absolute atomic E-state index is 0.218. The third-order valence-corrected chi connectivity index (χ3v) is 6.53. The number of nitrogens with zero attached hydrogens (tertiary/aromatic N) is 5. The van der Waals surface area contributed by atoms with Crippen molar-refractivity contribution in [2.24, 2.45) is 0 Å². The summed E-state index contributed by atoms with van der Waals surface area (Å²) in [5.41, 5.74) is 4.11. The van der Waals surface area contributed by atoms with Crippen LogP contribution in [0, 0.1) is 12.7 Å². The smallest absolute Gasteiger partial charge is 0.253 e. The Balaban J connectivity index is 1.69. The van der Waals surface area contributed by atoms with Gasteiger partial charge in [0.15, 0.2) is 5.82 Å². The standard InChI is InChI=1S/C29H29FN6O2/c1-20-8-13-26-23(16-20)17-25(29(37)31-26)27(28-32-33-34-36(28)14-15-38-2)35(18-21-6-4-3-5-7-21)19-22-9-11-24(30)12-10-22/h3-13,16-17,27H,14-15,18-19H2,1-2H3,(H,31,37). The Hall–Kier alpha value is -4.21. The highest BCUT2D eigenvalue weighted by molar-refractivity contribution is 5.79. The number of H-pyrrole nitrogens is 1. The van der Waals surface area contributed by atoms with E-state index in [0.717, 1.165) is 27.6 Å². The quantitative estimate of drug-likeness (QED) is 0.298. The van der Waals surface area contributed by atoms with Crippen LogP contribution in [0.2, 0.25) is 0 Å². The van der Waals surface area contributed by atoms with Gasteiger partial charge in [-0.25, -0.2) is 9.07 Å². The minimum Gasteiger partial charge on any atom is -0.383 e. The molecule has 9 heteroatoms. The molecular formula is C29H29FN6O2. The van der Waals surface area contributed by atoms with Crippen LogP contribution in [-0.2, 0) is 24.4 Å². The molecule has 2 heterocycles. The first-order chi connectivity index (χ1) is 18.5. The number of ether oxygens (including phenoxy) is 1. The zero-order valence-electron chi connectivity index (χ0n) is 21.3. The fraction of sp³-hybridized carbons (Fsp3) is 0.241. The number of aryl methyl sites for hydroxylation is 1. The number of aromatic nitrogens is 5. The predicted octanol–water partition coefficient (Wildman–Crippen LogP) is 4.40. The van der Waals surface area contributed by atoms with E-state index >= 15 is 0 Å². The van der Waals surface area contributed by atoms with E-state index in [2.05, 4.69) is 25.4 Å². The Bertz CT molecular complexity index is 1570. The highest BCUT2D eigenvalue weighted by Crippen LogP contribution is 2.30. The lowest BCUT2D eigenvalue weighted by Crippen LogP contribution is -2.35. The Morgan fingerprint density at radius 1 is 1.00 bits per heavy atom. The van der Waals surface area contributed by atoms with Crippen LogP contribution in [-0.4, -0.2) is 43.8 Å². The summed E-state index contributed by atoms with van der Waals surface area (Å²) in [7, 11) is 1.62. The van der Waals surface area contributed by atoms with Gasteiger partial charge in [-0.1, -0.05) is 54.1 Å². The van der Waals surface area contributed by atoms with Crippen molar-refractivity contribution in [2.75, 3.05) is 13.7 Å². The van der Waals surface area contributed by atoms with Crippen LogP contribution in [0.3, 0.4) is 0 Å². The molecule has 0 saturated heterocycles. The van der Waals surface area contributed by atoms with Gasteiger partial charge in [-0.2, -0.15) is 0 Å². The van der Waals surface area contributed by atoms with Crippen molar-refractivity contribution in [3.05, 3.63) is 123 Å². The molecule has 0 radical (unpaired) electrons. The number of hydrogen-bond acceptors (Lipinski definition) is 6. The molecular weight excluding hydrogens is 483 g/mol. The second-order valence-electron chi connectivity index (χ2n) is 9.32. The van der Waals surface area contributed by atoms with E-state index < -0.39 is 6.04 Å². The number of halogens is 1. The maximum absolute atomic E-state index is 13.7. The van der Waals surface area contributed by atoms with Crippen molar-refractivity contribution in [2.45, 2.75) is 32.6 Å². The summed E-state index contributed by atoms with van der Waals surface area (Å²) in [6.07, 6.45) is 0. The Morgan fingerprint density at radius 2 is 1.74 bits per heavy atom. The van der Waals surface area contributed by atoms with E-state index in [-0.39, 0.29) is 11.4 Å². The van der Waals surface area contributed by atoms with E-state index in [1.807, 2.05) is 61.5 Å². The first kappa shape index (κ1) is 25.4. The third kappa shape index (κ3) is 5.69. The number of methoxy groups -OCH3 is 1. The van der Waals surface area contributed by atoms with Crippen LogP contribution < -0.4 is 5.56 Å². The van der Waals surface area contributed by atoms with Crippen molar-refractivity contribution in [3.63, 3.8) is 0 Å². The maximum Gasteiger partial charge on any atom is 0.253 e. The average molecular weight is 513 g/mol. The monoisotopic (exact) mass is 512 g/mol. The van der Waals surface area contributed by atoms with Gasteiger partial charge in [0.05, 0.1) is 13.2 Å². The fourth-order valence-electron chi connectivity index (χ4n) is 4.67. The maximum atomic E-state index is 13.7. The number of benzene rings is 3. The second kappa shape index (κ2) is 11.5. The second-order valence-corrected chi connectivity index (χ2v) is 9.32. The van der Waals surface area contributed by atoms with Crippen LogP contribution in [0.1, 0.15) is 34.1 Å². The number of nitrogens with one attached hydrogen (secondary N) is 1. The summed E-state index contributed by atoms with van der Waals surface area (Å²) >= 11 is 0. The Kier molecular flexibility index (Phi) is 7.67. The summed E-state index contributed by atoms with van der Waals surface area (Å²) in [5.74, 6) is 0.224. The van der Waals surface area contributed by atoms with E-state index in [1.54, 1.807) is 23.9 Å². The van der Waals surface area contributed by atoms with Crippen molar-refractivity contribution in [1.82, 2.24) is 30.1 Å². The largest absolute Gasteiger partial charge is 0.383 e.